The number of nitrogens with zero attached hydrogens (tertiary/aromatic N) is 2. The number of halogens is 1. The van der Waals surface area contributed by atoms with Crippen molar-refractivity contribution >= 4 is 33.3 Å². The number of pyridine rings is 1. The molecule has 18 heavy (non-hydrogen) atoms. The normalized spacial score (nSPS) is 11.9. The molecule has 0 aliphatic heterocycles. The molecule has 1 unspecified atom stereocenters. The molecule has 1 heterocycles. The van der Waals surface area contributed by atoms with E-state index < -0.39 is 16.8 Å². The van der Waals surface area contributed by atoms with Gasteiger partial charge >= 0.3 is 11.7 Å². The number of aliphatic carboxylic acids is 1. The van der Waals surface area contributed by atoms with Crippen LogP contribution < -0.4 is 5.32 Å². The SMILES string of the molecule is CC(CCNc1c(Br)cncc1[N+](=O)[O-])C(=O)O. The molecule has 0 spiro atoms. The summed E-state index contributed by atoms with van der Waals surface area (Å²) in [4.78, 5) is 24.6. The predicted molar refractivity (Wildman–Crippen MR) is 68.5 cm³/mol. The maximum atomic E-state index is 10.8. The molecular weight excluding hydrogens is 306 g/mol. The fourth-order valence-corrected chi connectivity index (χ4v) is 1.74. The molecule has 7 nitrogen and oxygen atoms in total. The molecule has 1 rings (SSSR count). The van der Waals surface area contributed by atoms with Gasteiger partial charge in [0.25, 0.3) is 0 Å². The Morgan fingerprint density at radius 1 is 1.67 bits per heavy atom. The number of anilines is 1. The van der Waals surface area contributed by atoms with Gasteiger partial charge in [-0.25, -0.2) is 0 Å². The highest BCUT2D eigenvalue weighted by Gasteiger charge is 2.17. The van der Waals surface area contributed by atoms with Crippen molar-refractivity contribution in [3.8, 4) is 0 Å². The van der Waals surface area contributed by atoms with Crippen molar-refractivity contribution < 1.29 is 14.8 Å². The molecule has 0 saturated heterocycles. The van der Waals surface area contributed by atoms with Crippen molar-refractivity contribution in [2.45, 2.75) is 13.3 Å². The van der Waals surface area contributed by atoms with Gasteiger partial charge in [0.1, 0.15) is 11.9 Å². The quantitative estimate of drug-likeness (QED) is 0.616. The van der Waals surface area contributed by atoms with E-state index in [9.17, 15) is 14.9 Å². The summed E-state index contributed by atoms with van der Waals surface area (Å²) in [5.74, 6) is -1.39. The second kappa shape index (κ2) is 6.29. The zero-order valence-electron chi connectivity index (χ0n) is 9.59. The minimum absolute atomic E-state index is 0.146. The number of hydrogen-bond donors (Lipinski definition) is 2. The van der Waals surface area contributed by atoms with Gasteiger partial charge in [0.05, 0.1) is 15.3 Å². The summed E-state index contributed by atoms with van der Waals surface area (Å²) in [5.41, 5.74) is 0.167. The summed E-state index contributed by atoms with van der Waals surface area (Å²) in [6.45, 7) is 1.91. The predicted octanol–water partition coefficient (Wildman–Crippen LogP) is 2.27. The van der Waals surface area contributed by atoms with Crippen LogP contribution in [0.1, 0.15) is 13.3 Å². The molecule has 0 aliphatic carbocycles. The number of hydrogen-bond acceptors (Lipinski definition) is 5. The maximum Gasteiger partial charge on any atom is 0.311 e. The first kappa shape index (κ1) is 14.4. The number of nitrogens with one attached hydrogen (secondary N) is 1. The van der Waals surface area contributed by atoms with Crippen LogP contribution in [-0.4, -0.2) is 27.5 Å². The van der Waals surface area contributed by atoms with Crippen molar-refractivity contribution in [2.24, 2.45) is 5.92 Å². The van der Waals surface area contributed by atoms with Crippen molar-refractivity contribution in [1.29, 1.82) is 0 Å². The van der Waals surface area contributed by atoms with E-state index in [0.29, 0.717) is 23.1 Å². The molecule has 8 heteroatoms. The van der Waals surface area contributed by atoms with Gasteiger partial charge in [0.15, 0.2) is 0 Å². The van der Waals surface area contributed by atoms with E-state index >= 15 is 0 Å². The van der Waals surface area contributed by atoms with Gasteiger partial charge < -0.3 is 10.4 Å². The molecular formula is C10H12BrN3O4. The first-order chi connectivity index (χ1) is 8.43. The van der Waals surface area contributed by atoms with E-state index in [1.54, 1.807) is 6.92 Å². The fourth-order valence-electron chi connectivity index (χ4n) is 1.28. The number of rotatable bonds is 6. The molecule has 0 radical (unpaired) electrons. The lowest BCUT2D eigenvalue weighted by Gasteiger charge is -2.10. The molecule has 1 aromatic heterocycles. The van der Waals surface area contributed by atoms with Gasteiger partial charge in [-0.2, -0.15) is 0 Å². The minimum Gasteiger partial charge on any atom is -0.481 e. The number of carbonyl (C=O) groups is 1. The van der Waals surface area contributed by atoms with Crippen LogP contribution in [0.25, 0.3) is 0 Å². The second-order valence-electron chi connectivity index (χ2n) is 3.73. The lowest BCUT2D eigenvalue weighted by atomic mass is 10.1. The minimum atomic E-state index is -0.889. The van der Waals surface area contributed by atoms with Gasteiger partial charge in [-0.15, -0.1) is 0 Å². The van der Waals surface area contributed by atoms with Gasteiger partial charge in [-0.1, -0.05) is 6.92 Å². The van der Waals surface area contributed by atoms with Crippen LogP contribution >= 0.6 is 15.9 Å². The van der Waals surface area contributed by atoms with Crippen molar-refractivity contribution in [3.05, 3.63) is 27.0 Å². The Hall–Kier alpha value is -1.70. The monoisotopic (exact) mass is 317 g/mol. The average molecular weight is 318 g/mol. The Balaban J connectivity index is 2.72. The number of aromatic nitrogens is 1. The summed E-state index contributed by atoms with van der Waals surface area (Å²) in [7, 11) is 0. The Morgan fingerprint density at radius 2 is 2.33 bits per heavy atom. The summed E-state index contributed by atoms with van der Waals surface area (Å²) in [5, 5.41) is 22.4. The fraction of sp³-hybridized carbons (Fsp3) is 0.400. The van der Waals surface area contributed by atoms with Crippen molar-refractivity contribution in [3.63, 3.8) is 0 Å². The average Bonchev–Trinajstić information content (AvgIpc) is 2.30. The Morgan fingerprint density at radius 3 is 2.89 bits per heavy atom. The molecule has 1 aromatic rings. The van der Waals surface area contributed by atoms with Gasteiger partial charge in [0.2, 0.25) is 0 Å². The van der Waals surface area contributed by atoms with Crippen LogP contribution in [0.4, 0.5) is 11.4 Å². The van der Waals surface area contributed by atoms with Gasteiger partial charge in [-0.05, 0) is 22.4 Å². The molecule has 0 aliphatic rings. The van der Waals surface area contributed by atoms with Crippen LogP contribution in [0.3, 0.4) is 0 Å². The zero-order valence-corrected chi connectivity index (χ0v) is 11.2. The van der Waals surface area contributed by atoms with E-state index in [0.717, 1.165) is 6.20 Å². The van der Waals surface area contributed by atoms with Crippen molar-refractivity contribution in [1.82, 2.24) is 4.98 Å². The van der Waals surface area contributed by atoms with Crippen LogP contribution in [0.15, 0.2) is 16.9 Å². The molecule has 0 bridgehead atoms. The summed E-state index contributed by atoms with van der Waals surface area (Å²) < 4.78 is 0.472. The third kappa shape index (κ3) is 3.66. The number of carboxylic acid groups (broad SMARTS) is 1. The number of nitro groups is 1. The standard InChI is InChI=1S/C10H12BrN3O4/c1-6(10(15)16)2-3-13-9-7(11)4-12-5-8(9)14(17)18/h4-6H,2-3H2,1H3,(H,12,13)(H,15,16). The molecule has 0 aromatic carbocycles. The third-order valence-electron chi connectivity index (χ3n) is 2.38. The second-order valence-corrected chi connectivity index (χ2v) is 4.58. The van der Waals surface area contributed by atoms with Crippen molar-refractivity contribution in [2.75, 3.05) is 11.9 Å². The lowest BCUT2D eigenvalue weighted by molar-refractivity contribution is -0.384. The highest BCUT2D eigenvalue weighted by molar-refractivity contribution is 9.10. The number of carboxylic acids is 1. The van der Waals surface area contributed by atoms with E-state index in [1.807, 2.05) is 0 Å². The molecule has 98 valence electrons. The van der Waals surface area contributed by atoms with Crippen LogP contribution in [-0.2, 0) is 4.79 Å². The molecule has 1 atom stereocenters. The lowest BCUT2D eigenvalue weighted by Crippen LogP contribution is -2.15. The first-order valence-corrected chi connectivity index (χ1v) is 5.97. The Kier molecular flexibility index (Phi) is 5.02. The summed E-state index contributed by atoms with van der Waals surface area (Å²) in [6.07, 6.45) is 2.96. The summed E-state index contributed by atoms with van der Waals surface area (Å²) >= 11 is 3.17. The highest BCUT2D eigenvalue weighted by atomic mass is 79.9. The first-order valence-electron chi connectivity index (χ1n) is 5.18. The van der Waals surface area contributed by atoms with E-state index in [1.165, 1.54) is 6.20 Å². The third-order valence-corrected chi connectivity index (χ3v) is 2.98. The molecule has 2 N–H and O–H groups in total. The van der Waals surface area contributed by atoms with Crippen LogP contribution in [0, 0.1) is 16.0 Å². The van der Waals surface area contributed by atoms with Crippen LogP contribution in [0.5, 0.6) is 0 Å². The molecule has 0 amide bonds. The highest BCUT2D eigenvalue weighted by Crippen LogP contribution is 2.30. The van der Waals surface area contributed by atoms with E-state index in [2.05, 4.69) is 26.2 Å². The topological polar surface area (TPSA) is 105 Å². The molecule has 0 saturated carbocycles. The van der Waals surface area contributed by atoms with E-state index in [-0.39, 0.29) is 5.69 Å². The van der Waals surface area contributed by atoms with E-state index in [4.69, 9.17) is 5.11 Å². The Bertz CT molecular complexity index is 466. The maximum absolute atomic E-state index is 10.8. The van der Waals surface area contributed by atoms with Gasteiger partial charge in [0, 0.05) is 12.7 Å². The summed E-state index contributed by atoms with van der Waals surface area (Å²) in [6, 6.07) is 0. The molecule has 0 fully saturated rings. The Labute approximate surface area is 112 Å². The smallest absolute Gasteiger partial charge is 0.311 e. The van der Waals surface area contributed by atoms with Gasteiger partial charge in [-0.3, -0.25) is 19.9 Å². The zero-order chi connectivity index (χ0) is 13.7. The van der Waals surface area contributed by atoms with Crippen LogP contribution in [0.2, 0.25) is 0 Å². The largest absolute Gasteiger partial charge is 0.481 e.